The highest BCUT2D eigenvalue weighted by molar-refractivity contribution is 6.29. The fraction of sp³-hybridized carbons (Fsp3) is 0.714. The minimum Gasteiger partial charge on any atom is -0.348 e. The zero-order valence-electron chi connectivity index (χ0n) is 12.4. The molecule has 1 aromatic rings. The number of aromatic nitrogens is 2. The van der Waals surface area contributed by atoms with Gasteiger partial charge in [0.2, 0.25) is 0 Å². The molecule has 0 bridgehead atoms. The van der Waals surface area contributed by atoms with E-state index < -0.39 is 0 Å². The Bertz CT molecular complexity index is 452. The first-order chi connectivity index (χ1) is 9.47. The maximum atomic E-state index is 12.3. The molecule has 0 aromatic carbocycles. The van der Waals surface area contributed by atoms with Crippen LogP contribution in [0, 0.1) is 5.92 Å². The van der Waals surface area contributed by atoms with Crippen molar-refractivity contribution in [1.29, 1.82) is 0 Å². The molecule has 0 saturated heterocycles. The quantitative estimate of drug-likeness (QED) is 0.924. The van der Waals surface area contributed by atoms with Crippen molar-refractivity contribution in [3.05, 3.63) is 16.9 Å². The van der Waals surface area contributed by atoms with Gasteiger partial charge in [0.1, 0.15) is 5.15 Å². The van der Waals surface area contributed by atoms with Crippen LogP contribution in [0.5, 0.6) is 0 Å². The zero-order chi connectivity index (χ0) is 14.7. The summed E-state index contributed by atoms with van der Waals surface area (Å²) in [5, 5.41) is 7.73. The van der Waals surface area contributed by atoms with Crippen molar-refractivity contribution in [2.24, 2.45) is 13.0 Å². The molecule has 1 heterocycles. The minimum atomic E-state index is -0.122. The summed E-state index contributed by atoms with van der Waals surface area (Å²) >= 11 is 5.93. The predicted molar refractivity (Wildman–Crippen MR) is 80.0 cm³/mol. The molecular formula is C14H23ClN4O. The molecule has 2 rings (SSSR count). The molecule has 6 heteroatoms. The zero-order valence-corrected chi connectivity index (χ0v) is 13.2. The Balaban J connectivity index is 2.00. The summed E-state index contributed by atoms with van der Waals surface area (Å²) in [5.41, 5.74) is 0.395. The van der Waals surface area contributed by atoms with Crippen molar-refractivity contribution >= 4 is 17.5 Å². The number of rotatable bonds is 4. The van der Waals surface area contributed by atoms with E-state index in [0.717, 1.165) is 13.0 Å². The van der Waals surface area contributed by atoms with Gasteiger partial charge in [0, 0.05) is 25.7 Å². The summed E-state index contributed by atoms with van der Waals surface area (Å²) in [6.45, 7) is 1.01. The van der Waals surface area contributed by atoms with Gasteiger partial charge in [-0.2, -0.15) is 5.10 Å². The van der Waals surface area contributed by atoms with Crippen molar-refractivity contribution in [2.75, 3.05) is 20.6 Å². The van der Waals surface area contributed by atoms with Crippen molar-refractivity contribution in [2.45, 2.75) is 31.7 Å². The summed E-state index contributed by atoms with van der Waals surface area (Å²) in [6, 6.07) is 1.85. The van der Waals surface area contributed by atoms with E-state index in [4.69, 9.17) is 11.6 Å². The van der Waals surface area contributed by atoms with Gasteiger partial charge < -0.3 is 10.2 Å². The molecule has 0 radical (unpaired) electrons. The first-order valence-corrected chi connectivity index (χ1v) is 7.50. The summed E-state index contributed by atoms with van der Waals surface area (Å²) in [6.07, 6.45) is 4.65. The first-order valence-electron chi connectivity index (χ1n) is 7.12. The minimum absolute atomic E-state index is 0.122. The van der Waals surface area contributed by atoms with Crippen LogP contribution in [0.25, 0.3) is 0 Å². The van der Waals surface area contributed by atoms with Crippen LogP contribution in [0.2, 0.25) is 5.15 Å². The third-order valence-electron chi connectivity index (χ3n) is 3.88. The van der Waals surface area contributed by atoms with Crippen LogP contribution in [0.4, 0.5) is 0 Å². The van der Waals surface area contributed by atoms with Crippen molar-refractivity contribution < 1.29 is 4.79 Å². The Labute approximate surface area is 125 Å². The number of carbonyl (C=O) groups is 1. The second-order valence-corrected chi connectivity index (χ2v) is 6.25. The highest BCUT2D eigenvalue weighted by Gasteiger charge is 2.27. The van der Waals surface area contributed by atoms with Gasteiger partial charge in [0.05, 0.1) is 0 Å². The van der Waals surface area contributed by atoms with E-state index in [1.165, 1.54) is 23.9 Å². The maximum absolute atomic E-state index is 12.3. The number of halogens is 1. The van der Waals surface area contributed by atoms with Crippen LogP contribution in [-0.2, 0) is 7.05 Å². The topological polar surface area (TPSA) is 50.2 Å². The number of nitrogens with zero attached hydrogens (tertiary/aromatic N) is 3. The molecule has 1 amide bonds. The van der Waals surface area contributed by atoms with E-state index in [-0.39, 0.29) is 11.9 Å². The molecule has 1 aliphatic rings. The number of hydrogen-bond acceptors (Lipinski definition) is 3. The molecule has 5 nitrogen and oxygen atoms in total. The SMILES string of the molecule is CN(C)C[C@@H]1CCCC[C@H]1NC(=O)c1cc(Cl)n(C)n1. The lowest BCUT2D eigenvalue weighted by atomic mass is 9.84. The van der Waals surface area contributed by atoms with Crippen LogP contribution in [0.15, 0.2) is 6.07 Å². The smallest absolute Gasteiger partial charge is 0.272 e. The summed E-state index contributed by atoms with van der Waals surface area (Å²) in [7, 11) is 5.88. The Hall–Kier alpha value is -1.07. The molecule has 1 aliphatic carbocycles. The van der Waals surface area contributed by atoms with Gasteiger partial charge in [-0.15, -0.1) is 0 Å². The van der Waals surface area contributed by atoms with Crippen LogP contribution < -0.4 is 5.32 Å². The molecule has 20 heavy (non-hydrogen) atoms. The highest BCUT2D eigenvalue weighted by atomic mass is 35.5. The molecule has 1 saturated carbocycles. The maximum Gasteiger partial charge on any atom is 0.272 e. The molecule has 0 unspecified atom stereocenters. The second kappa shape index (κ2) is 6.59. The second-order valence-electron chi connectivity index (χ2n) is 5.86. The summed E-state index contributed by atoms with van der Waals surface area (Å²) < 4.78 is 1.51. The Kier molecular flexibility index (Phi) is 5.05. The van der Waals surface area contributed by atoms with E-state index in [1.807, 2.05) is 0 Å². The monoisotopic (exact) mass is 298 g/mol. The number of nitrogens with one attached hydrogen (secondary N) is 1. The van der Waals surface area contributed by atoms with E-state index in [1.54, 1.807) is 13.1 Å². The average Bonchev–Trinajstić information content (AvgIpc) is 2.71. The van der Waals surface area contributed by atoms with Gasteiger partial charge in [-0.3, -0.25) is 9.48 Å². The molecular weight excluding hydrogens is 276 g/mol. The van der Waals surface area contributed by atoms with Gasteiger partial charge in [-0.05, 0) is 32.9 Å². The van der Waals surface area contributed by atoms with Gasteiger partial charge in [0.25, 0.3) is 5.91 Å². The molecule has 0 spiro atoms. The normalized spacial score (nSPS) is 23.1. The third kappa shape index (κ3) is 3.73. The lowest BCUT2D eigenvalue weighted by molar-refractivity contribution is 0.0889. The Morgan fingerprint density at radius 2 is 2.20 bits per heavy atom. The van der Waals surface area contributed by atoms with Crippen LogP contribution >= 0.6 is 11.6 Å². The van der Waals surface area contributed by atoms with Crippen molar-refractivity contribution in [1.82, 2.24) is 20.0 Å². The lowest BCUT2D eigenvalue weighted by Gasteiger charge is -2.33. The van der Waals surface area contributed by atoms with E-state index in [9.17, 15) is 4.79 Å². The van der Waals surface area contributed by atoms with Crippen molar-refractivity contribution in [3.63, 3.8) is 0 Å². The van der Waals surface area contributed by atoms with Crippen LogP contribution in [-0.4, -0.2) is 47.3 Å². The van der Waals surface area contributed by atoms with Gasteiger partial charge in [0.15, 0.2) is 5.69 Å². The fourth-order valence-electron chi connectivity index (χ4n) is 2.88. The molecule has 2 atom stereocenters. The number of carbonyl (C=O) groups excluding carboxylic acids is 1. The lowest BCUT2D eigenvalue weighted by Crippen LogP contribution is -2.45. The van der Waals surface area contributed by atoms with Crippen molar-refractivity contribution in [3.8, 4) is 0 Å². The van der Waals surface area contributed by atoms with E-state index in [2.05, 4.69) is 29.4 Å². The fourth-order valence-corrected chi connectivity index (χ4v) is 3.02. The molecule has 112 valence electrons. The average molecular weight is 299 g/mol. The Morgan fingerprint density at radius 3 is 2.80 bits per heavy atom. The van der Waals surface area contributed by atoms with Gasteiger partial charge in [-0.25, -0.2) is 0 Å². The molecule has 1 fully saturated rings. The first kappa shape index (κ1) is 15.3. The molecule has 0 aliphatic heterocycles. The number of amides is 1. The number of aryl methyl sites for hydroxylation is 1. The number of hydrogen-bond donors (Lipinski definition) is 1. The van der Waals surface area contributed by atoms with Gasteiger partial charge in [-0.1, -0.05) is 24.4 Å². The summed E-state index contributed by atoms with van der Waals surface area (Å²) in [4.78, 5) is 14.4. The summed E-state index contributed by atoms with van der Waals surface area (Å²) in [5.74, 6) is 0.394. The van der Waals surface area contributed by atoms with Crippen LogP contribution in [0.1, 0.15) is 36.2 Å². The third-order valence-corrected chi connectivity index (χ3v) is 4.23. The molecule has 1 N–H and O–H groups in total. The standard InChI is InChI=1S/C14H23ClN4O/c1-18(2)9-10-6-4-5-7-11(10)16-14(20)12-8-13(15)19(3)17-12/h8,10-11H,4-7,9H2,1-3H3,(H,16,20)/t10-,11+/m0/s1. The largest absolute Gasteiger partial charge is 0.348 e. The van der Waals surface area contributed by atoms with E-state index >= 15 is 0 Å². The Morgan fingerprint density at radius 1 is 1.50 bits per heavy atom. The van der Waals surface area contributed by atoms with E-state index in [0.29, 0.717) is 16.8 Å². The van der Waals surface area contributed by atoms with Crippen LogP contribution in [0.3, 0.4) is 0 Å². The predicted octanol–water partition coefficient (Wildman–Crippen LogP) is 1.92. The highest BCUT2D eigenvalue weighted by Crippen LogP contribution is 2.25. The van der Waals surface area contributed by atoms with Gasteiger partial charge >= 0.3 is 0 Å². The molecule has 1 aromatic heterocycles.